The smallest absolute Gasteiger partial charge is 0.119 e. The Morgan fingerprint density at radius 1 is 1.11 bits per heavy atom. The molecule has 0 spiro atoms. The van der Waals surface area contributed by atoms with Crippen LogP contribution in [0.15, 0.2) is 24.3 Å². The van der Waals surface area contributed by atoms with Crippen molar-refractivity contribution in [1.29, 1.82) is 0 Å². The van der Waals surface area contributed by atoms with Crippen molar-refractivity contribution in [2.45, 2.75) is 26.7 Å². The molecule has 3 heteroatoms. The molecule has 0 fully saturated rings. The average Bonchev–Trinajstić information content (AvgIpc) is 2.43. The van der Waals surface area contributed by atoms with Crippen LogP contribution in [0.25, 0.3) is 0 Å². The van der Waals surface area contributed by atoms with E-state index in [2.05, 4.69) is 19.2 Å². The molecule has 1 unspecified atom stereocenters. The van der Waals surface area contributed by atoms with Crippen LogP contribution in [0, 0.1) is 5.92 Å². The molecule has 0 saturated heterocycles. The lowest BCUT2D eigenvalue weighted by Crippen LogP contribution is -2.23. The molecule has 1 rings (SSSR count). The molecule has 0 amide bonds. The van der Waals surface area contributed by atoms with Gasteiger partial charge >= 0.3 is 0 Å². The zero-order valence-corrected chi connectivity index (χ0v) is 11.7. The van der Waals surface area contributed by atoms with Crippen molar-refractivity contribution < 1.29 is 9.47 Å². The van der Waals surface area contributed by atoms with Gasteiger partial charge in [0.2, 0.25) is 0 Å². The van der Waals surface area contributed by atoms with Crippen LogP contribution < -0.4 is 14.8 Å². The minimum Gasteiger partial charge on any atom is -0.497 e. The van der Waals surface area contributed by atoms with Gasteiger partial charge in [0.25, 0.3) is 0 Å². The van der Waals surface area contributed by atoms with Crippen molar-refractivity contribution in [2.24, 2.45) is 5.92 Å². The second-order valence-corrected chi connectivity index (χ2v) is 4.39. The summed E-state index contributed by atoms with van der Waals surface area (Å²) in [5.41, 5.74) is 0. The van der Waals surface area contributed by atoms with Crippen molar-refractivity contribution >= 4 is 0 Å². The second-order valence-electron chi connectivity index (χ2n) is 4.39. The largest absolute Gasteiger partial charge is 0.497 e. The standard InChI is InChI=1S/C15H25NO2/c1-4-13(12-16-5-2)10-11-18-15-8-6-14(17-3)7-9-15/h6-9,13,16H,4-5,10-12H2,1-3H3. The van der Waals surface area contributed by atoms with Crippen LogP contribution in [-0.2, 0) is 0 Å². The van der Waals surface area contributed by atoms with Crippen LogP contribution in [0.1, 0.15) is 26.7 Å². The van der Waals surface area contributed by atoms with Gasteiger partial charge in [0, 0.05) is 0 Å². The van der Waals surface area contributed by atoms with E-state index in [1.54, 1.807) is 7.11 Å². The first-order chi connectivity index (χ1) is 8.80. The van der Waals surface area contributed by atoms with Gasteiger partial charge in [-0.3, -0.25) is 0 Å². The van der Waals surface area contributed by atoms with Gasteiger partial charge in [0.1, 0.15) is 11.5 Å². The van der Waals surface area contributed by atoms with E-state index in [1.165, 1.54) is 6.42 Å². The van der Waals surface area contributed by atoms with Crippen LogP contribution in [0.3, 0.4) is 0 Å². The predicted molar refractivity (Wildman–Crippen MR) is 75.4 cm³/mol. The predicted octanol–water partition coefficient (Wildman–Crippen LogP) is 3.10. The number of methoxy groups -OCH3 is 1. The lowest BCUT2D eigenvalue weighted by molar-refractivity contribution is 0.271. The highest BCUT2D eigenvalue weighted by Gasteiger charge is 2.05. The van der Waals surface area contributed by atoms with E-state index in [9.17, 15) is 0 Å². The van der Waals surface area contributed by atoms with Crippen LogP contribution >= 0.6 is 0 Å². The second kappa shape index (κ2) is 8.81. The van der Waals surface area contributed by atoms with E-state index in [4.69, 9.17) is 9.47 Å². The summed E-state index contributed by atoms with van der Waals surface area (Å²) in [6, 6.07) is 7.74. The Morgan fingerprint density at radius 2 is 1.78 bits per heavy atom. The molecule has 0 bridgehead atoms. The molecule has 0 aliphatic carbocycles. The Bertz CT molecular complexity index is 311. The quantitative estimate of drug-likeness (QED) is 0.731. The molecule has 0 aliphatic heterocycles. The van der Waals surface area contributed by atoms with Gasteiger partial charge in [-0.15, -0.1) is 0 Å². The summed E-state index contributed by atoms with van der Waals surface area (Å²) in [5.74, 6) is 2.47. The van der Waals surface area contributed by atoms with Crippen molar-refractivity contribution in [3.63, 3.8) is 0 Å². The van der Waals surface area contributed by atoms with Crippen molar-refractivity contribution in [2.75, 3.05) is 26.8 Å². The number of benzene rings is 1. The first-order valence-electron chi connectivity index (χ1n) is 6.77. The first kappa shape index (κ1) is 14.8. The molecular formula is C15H25NO2. The normalized spacial score (nSPS) is 12.2. The monoisotopic (exact) mass is 251 g/mol. The fourth-order valence-electron chi connectivity index (χ4n) is 1.81. The minimum absolute atomic E-state index is 0.697. The van der Waals surface area contributed by atoms with E-state index in [-0.39, 0.29) is 0 Å². The molecule has 0 aliphatic rings. The third-order valence-electron chi connectivity index (χ3n) is 3.11. The van der Waals surface area contributed by atoms with Crippen LogP contribution in [0.5, 0.6) is 11.5 Å². The van der Waals surface area contributed by atoms with E-state index < -0.39 is 0 Å². The summed E-state index contributed by atoms with van der Waals surface area (Å²) in [4.78, 5) is 0. The molecule has 1 N–H and O–H groups in total. The lowest BCUT2D eigenvalue weighted by Gasteiger charge is -2.15. The minimum atomic E-state index is 0.697. The van der Waals surface area contributed by atoms with Gasteiger partial charge in [-0.25, -0.2) is 0 Å². The Morgan fingerprint density at radius 3 is 2.33 bits per heavy atom. The number of hydrogen-bond donors (Lipinski definition) is 1. The number of rotatable bonds is 9. The summed E-state index contributed by atoms with van der Waals surface area (Å²) >= 11 is 0. The third-order valence-corrected chi connectivity index (χ3v) is 3.11. The molecule has 0 heterocycles. The summed E-state index contributed by atoms with van der Waals surface area (Å²) in [6.45, 7) is 7.26. The van der Waals surface area contributed by atoms with Gasteiger partial charge < -0.3 is 14.8 Å². The maximum absolute atomic E-state index is 5.73. The first-order valence-corrected chi connectivity index (χ1v) is 6.77. The molecular weight excluding hydrogens is 226 g/mol. The SMILES string of the molecule is CCNCC(CC)CCOc1ccc(OC)cc1. The van der Waals surface area contributed by atoms with Crippen LogP contribution in [0.4, 0.5) is 0 Å². The van der Waals surface area contributed by atoms with Crippen molar-refractivity contribution in [3.05, 3.63) is 24.3 Å². The Hall–Kier alpha value is -1.22. The number of nitrogens with one attached hydrogen (secondary N) is 1. The zero-order valence-electron chi connectivity index (χ0n) is 11.7. The molecule has 18 heavy (non-hydrogen) atoms. The summed E-state index contributed by atoms with van der Waals surface area (Å²) in [5, 5.41) is 3.39. The lowest BCUT2D eigenvalue weighted by atomic mass is 10.0. The maximum Gasteiger partial charge on any atom is 0.119 e. The fraction of sp³-hybridized carbons (Fsp3) is 0.600. The van der Waals surface area contributed by atoms with Gasteiger partial charge in [0.05, 0.1) is 13.7 Å². The topological polar surface area (TPSA) is 30.5 Å². The molecule has 1 aromatic rings. The van der Waals surface area contributed by atoms with E-state index >= 15 is 0 Å². The molecule has 0 radical (unpaired) electrons. The Kier molecular flexibility index (Phi) is 7.26. The molecule has 1 atom stereocenters. The molecule has 3 nitrogen and oxygen atoms in total. The molecule has 0 aromatic heterocycles. The van der Waals surface area contributed by atoms with Crippen molar-refractivity contribution in [1.82, 2.24) is 5.32 Å². The van der Waals surface area contributed by atoms with Gasteiger partial charge in [-0.1, -0.05) is 20.3 Å². The highest BCUT2D eigenvalue weighted by atomic mass is 16.5. The van der Waals surface area contributed by atoms with E-state index in [1.807, 2.05) is 24.3 Å². The molecule has 1 aromatic carbocycles. The summed E-state index contributed by atoms with van der Waals surface area (Å²) in [7, 11) is 1.67. The van der Waals surface area contributed by atoms with Gasteiger partial charge in [-0.05, 0) is 49.7 Å². The van der Waals surface area contributed by atoms with E-state index in [0.717, 1.165) is 37.6 Å². The Balaban J connectivity index is 2.26. The van der Waals surface area contributed by atoms with Gasteiger partial charge in [-0.2, -0.15) is 0 Å². The summed E-state index contributed by atoms with van der Waals surface area (Å²) < 4.78 is 10.8. The highest BCUT2D eigenvalue weighted by molar-refractivity contribution is 5.31. The highest BCUT2D eigenvalue weighted by Crippen LogP contribution is 2.17. The van der Waals surface area contributed by atoms with Crippen LogP contribution in [0.2, 0.25) is 0 Å². The maximum atomic E-state index is 5.73. The zero-order chi connectivity index (χ0) is 13.2. The molecule has 0 saturated carbocycles. The fourth-order valence-corrected chi connectivity index (χ4v) is 1.81. The van der Waals surface area contributed by atoms with E-state index in [0.29, 0.717) is 5.92 Å². The van der Waals surface area contributed by atoms with Crippen molar-refractivity contribution in [3.8, 4) is 11.5 Å². The number of ether oxygens (including phenoxy) is 2. The van der Waals surface area contributed by atoms with Gasteiger partial charge in [0.15, 0.2) is 0 Å². The Labute approximate surface area is 110 Å². The molecule has 102 valence electrons. The van der Waals surface area contributed by atoms with Crippen LogP contribution in [-0.4, -0.2) is 26.8 Å². The number of hydrogen-bond acceptors (Lipinski definition) is 3. The average molecular weight is 251 g/mol. The summed E-state index contributed by atoms with van der Waals surface area (Å²) in [6.07, 6.45) is 2.29. The third kappa shape index (κ3) is 5.41.